The lowest BCUT2D eigenvalue weighted by Crippen LogP contribution is -2.61. The van der Waals surface area contributed by atoms with E-state index in [9.17, 15) is 14.9 Å². The number of amides is 1. The van der Waals surface area contributed by atoms with Crippen molar-refractivity contribution < 1.29 is 14.3 Å². The third-order valence-corrected chi connectivity index (χ3v) is 7.46. The lowest BCUT2D eigenvalue weighted by atomic mass is 9.61. The van der Waals surface area contributed by atoms with E-state index in [2.05, 4.69) is 54.6 Å². The highest BCUT2D eigenvalue weighted by molar-refractivity contribution is 6.32. The van der Waals surface area contributed by atoms with Gasteiger partial charge in [-0.15, -0.1) is 0 Å². The van der Waals surface area contributed by atoms with Crippen molar-refractivity contribution in [3.8, 4) is 28.7 Å². The van der Waals surface area contributed by atoms with E-state index in [-0.39, 0.29) is 40.6 Å². The van der Waals surface area contributed by atoms with E-state index in [4.69, 9.17) is 16.3 Å². The van der Waals surface area contributed by atoms with Gasteiger partial charge < -0.3 is 15.4 Å². The average Bonchev–Trinajstić information content (AvgIpc) is 2.88. The van der Waals surface area contributed by atoms with Crippen molar-refractivity contribution in [1.82, 2.24) is 20.8 Å². The molecule has 3 aromatic rings. The van der Waals surface area contributed by atoms with Gasteiger partial charge in [-0.25, -0.2) is 0 Å². The molecule has 0 spiro atoms. The number of halogens is 1. The van der Waals surface area contributed by atoms with Crippen molar-refractivity contribution in [2.45, 2.75) is 64.5 Å². The first-order chi connectivity index (χ1) is 18.9. The predicted molar refractivity (Wildman–Crippen MR) is 154 cm³/mol. The highest BCUT2D eigenvalue weighted by Crippen LogP contribution is 2.48. The van der Waals surface area contributed by atoms with Gasteiger partial charge in [-0.05, 0) is 76.3 Å². The van der Waals surface area contributed by atoms with E-state index in [1.54, 1.807) is 55.8 Å². The van der Waals surface area contributed by atoms with Gasteiger partial charge in [0.1, 0.15) is 23.1 Å². The summed E-state index contributed by atoms with van der Waals surface area (Å²) in [5.41, 5.74) is 1.17. The van der Waals surface area contributed by atoms with Crippen molar-refractivity contribution in [3.05, 3.63) is 71.0 Å². The molecule has 0 aliphatic carbocycles. The molecule has 0 saturated carbocycles. The van der Waals surface area contributed by atoms with Crippen molar-refractivity contribution in [2.24, 2.45) is 5.41 Å². The Morgan fingerprint density at radius 3 is 2.38 bits per heavy atom. The first-order valence-electron chi connectivity index (χ1n) is 13.2. The summed E-state index contributed by atoms with van der Waals surface area (Å²) < 4.78 is 6.06. The number of ether oxygens (including phenoxy) is 1. The van der Waals surface area contributed by atoms with Crippen LogP contribution in [0.15, 0.2) is 54.9 Å². The summed E-state index contributed by atoms with van der Waals surface area (Å²) in [6, 6.07) is 14.2. The number of benzene rings is 2. The summed E-state index contributed by atoms with van der Waals surface area (Å²) in [6.07, 6.45) is 4.97. The average molecular weight is 560 g/mol. The molecule has 2 heterocycles. The Balaban J connectivity index is 1.60. The second kappa shape index (κ2) is 11.4. The molecule has 40 heavy (non-hydrogen) atoms. The molecule has 0 radical (unpaired) electrons. The lowest BCUT2D eigenvalue weighted by molar-refractivity contribution is -0.124. The molecule has 0 unspecified atom stereocenters. The van der Waals surface area contributed by atoms with E-state index in [1.807, 2.05) is 6.07 Å². The Kier molecular flexibility index (Phi) is 8.29. The standard InChI is InChI=1S/C31H34ClN5O3/c1-29(2)18-31(15-28(39)34-5,19-30(3,4)37-29)14-25(38)20-9-10-27(24(32)13-20)40-26-8-6-7-22(23(26)16-33)21-11-12-35-36-17-21/h6-13,17,37H,14-15,18-19H2,1-5H3,(H,34,39). The Hall–Kier alpha value is -3.80. The highest BCUT2D eigenvalue weighted by Gasteiger charge is 2.48. The third kappa shape index (κ3) is 6.67. The smallest absolute Gasteiger partial charge is 0.220 e. The molecule has 0 atom stereocenters. The Bertz CT molecular complexity index is 1450. The van der Waals surface area contributed by atoms with E-state index in [1.165, 1.54) is 0 Å². The highest BCUT2D eigenvalue weighted by atomic mass is 35.5. The molecule has 1 saturated heterocycles. The van der Waals surface area contributed by atoms with Gasteiger partial charge in [0.05, 0.1) is 17.4 Å². The fourth-order valence-corrected chi connectivity index (χ4v) is 6.64. The van der Waals surface area contributed by atoms with Crippen LogP contribution in [0.4, 0.5) is 0 Å². The number of hydrogen-bond acceptors (Lipinski definition) is 7. The third-order valence-electron chi connectivity index (χ3n) is 7.17. The number of aromatic nitrogens is 2. The van der Waals surface area contributed by atoms with Crippen LogP contribution in [0.3, 0.4) is 0 Å². The second-order valence-electron chi connectivity index (χ2n) is 11.9. The maximum atomic E-state index is 13.6. The normalized spacial score (nSPS) is 16.9. The summed E-state index contributed by atoms with van der Waals surface area (Å²) >= 11 is 6.60. The van der Waals surface area contributed by atoms with Gasteiger partial charge in [0, 0.05) is 47.7 Å². The SMILES string of the molecule is CNC(=O)CC1(CC(=O)c2ccc(Oc3cccc(-c4ccnnc4)c3C#N)c(Cl)c2)CC(C)(C)NC(C)(C)C1. The minimum absolute atomic E-state index is 0.0823. The number of carbonyl (C=O) groups excluding carboxylic acids is 2. The van der Waals surface area contributed by atoms with Gasteiger partial charge in [0.15, 0.2) is 5.78 Å². The summed E-state index contributed by atoms with van der Waals surface area (Å²) in [5.74, 6) is 0.488. The van der Waals surface area contributed by atoms with Crippen LogP contribution in [-0.4, -0.2) is 40.0 Å². The van der Waals surface area contributed by atoms with Crippen LogP contribution in [0.5, 0.6) is 11.5 Å². The van der Waals surface area contributed by atoms with Crippen LogP contribution < -0.4 is 15.4 Å². The van der Waals surface area contributed by atoms with E-state index in [0.29, 0.717) is 41.0 Å². The Morgan fingerprint density at radius 2 is 1.77 bits per heavy atom. The zero-order valence-corrected chi connectivity index (χ0v) is 24.2. The minimum Gasteiger partial charge on any atom is -0.454 e. The number of piperidine rings is 1. The number of hydrogen-bond donors (Lipinski definition) is 2. The summed E-state index contributed by atoms with van der Waals surface area (Å²) in [6.45, 7) is 8.43. The van der Waals surface area contributed by atoms with Gasteiger partial charge in [-0.3, -0.25) is 9.59 Å². The number of nitriles is 1. The van der Waals surface area contributed by atoms with Crippen LogP contribution >= 0.6 is 11.6 Å². The Labute approximate surface area is 240 Å². The minimum atomic E-state index is -0.513. The first-order valence-corrected chi connectivity index (χ1v) is 13.5. The monoisotopic (exact) mass is 559 g/mol. The molecule has 1 amide bonds. The zero-order chi connectivity index (χ0) is 29.1. The molecule has 0 bridgehead atoms. The van der Waals surface area contributed by atoms with Gasteiger partial charge >= 0.3 is 0 Å². The van der Waals surface area contributed by atoms with E-state index in [0.717, 1.165) is 5.56 Å². The van der Waals surface area contributed by atoms with Crippen LogP contribution in [-0.2, 0) is 4.79 Å². The molecule has 208 valence electrons. The molecule has 9 heteroatoms. The summed E-state index contributed by atoms with van der Waals surface area (Å²) in [4.78, 5) is 26.2. The first kappa shape index (κ1) is 29.2. The van der Waals surface area contributed by atoms with E-state index >= 15 is 0 Å². The molecule has 2 aromatic carbocycles. The van der Waals surface area contributed by atoms with Crippen LogP contribution in [0.25, 0.3) is 11.1 Å². The molecule has 4 rings (SSSR count). The van der Waals surface area contributed by atoms with Crippen LogP contribution in [0, 0.1) is 16.7 Å². The number of Topliss-reactive ketones (excluding diaryl/α,β-unsaturated/α-hetero) is 1. The molecule has 2 N–H and O–H groups in total. The van der Waals surface area contributed by atoms with E-state index < -0.39 is 5.41 Å². The fourth-order valence-electron chi connectivity index (χ4n) is 6.42. The van der Waals surface area contributed by atoms with Crippen LogP contribution in [0.1, 0.15) is 69.3 Å². The summed E-state index contributed by atoms with van der Waals surface area (Å²) in [5, 5.41) is 24.2. The topological polar surface area (TPSA) is 117 Å². The zero-order valence-electron chi connectivity index (χ0n) is 23.5. The Morgan fingerprint density at radius 1 is 1.05 bits per heavy atom. The van der Waals surface area contributed by atoms with Crippen molar-refractivity contribution in [2.75, 3.05) is 7.05 Å². The van der Waals surface area contributed by atoms with Crippen molar-refractivity contribution in [3.63, 3.8) is 0 Å². The van der Waals surface area contributed by atoms with Crippen LogP contribution in [0.2, 0.25) is 5.02 Å². The number of nitrogens with zero attached hydrogens (tertiary/aromatic N) is 3. The molecule has 1 aliphatic rings. The molecular weight excluding hydrogens is 526 g/mol. The van der Waals surface area contributed by atoms with Crippen molar-refractivity contribution >= 4 is 23.3 Å². The lowest BCUT2D eigenvalue weighted by Gasteiger charge is -2.53. The van der Waals surface area contributed by atoms with Gasteiger partial charge in [0.25, 0.3) is 0 Å². The quantitative estimate of drug-likeness (QED) is 0.320. The van der Waals surface area contributed by atoms with Gasteiger partial charge in [-0.1, -0.05) is 23.7 Å². The molecule has 8 nitrogen and oxygen atoms in total. The number of carbonyl (C=O) groups is 2. The van der Waals surface area contributed by atoms with Gasteiger partial charge in [0.2, 0.25) is 5.91 Å². The predicted octanol–water partition coefficient (Wildman–Crippen LogP) is 6.10. The maximum absolute atomic E-state index is 13.6. The van der Waals surface area contributed by atoms with Crippen molar-refractivity contribution in [1.29, 1.82) is 5.26 Å². The second-order valence-corrected chi connectivity index (χ2v) is 12.3. The number of rotatable bonds is 8. The largest absolute Gasteiger partial charge is 0.454 e. The molecule has 1 aliphatic heterocycles. The molecule has 1 fully saturated rings. The molecular formula is C31H34ClN5O3. The number of ketones is 1. The number of nitrogens with one attached hydrogen (secondary N) is 2. The fraction of sp³-hybridized carbons (Fsp3) is 0.387. The molecule has 1 aromatic heterocycles. The van der Waals surface area contributed by atoms with Gasteiger partial charge in [-0.2, -0.15) is 15.5 Å². The summed E-state index contributed by atoms with van der Waals surface area (Å²) in [7, 11) is 1.62. The maximum Gasteiger partial charge on any atom is 0.220 e.